The molecule has 94 valence electrons. The molecule has 0 aliphatic carbocycles. The summed E-state index contributed by atoms with van der Waals surface area (Å²) in [4.78, 5) is 11.3. The largest absolute Gasteiger partial charge is 0.468 e. The summed E-state index contributed by atoms with van der Waals surface area (Å²) < 4.78 is 6.70. The maximum Gasteiger partial charge on any atom is 0.322 e. The lowest BCUT2D eigenvalue weighted by molar-refractivity contribution is -0.142. The Morgan fingerprint density at radius 2 is 2.00 bits per heavy atom. The number of nitrogens with one attached hydrogen (secondary N) is 1. The van der Waals surface area contributed by atoms with Crippen LogP contribution in [0.5, 0.6) is 0 Å². The number of methoxy groups -OCH3 is 1. The Kier molecular flexibility index (Phi) is 5.62. The van der Waals surface area contributed by atoms with Crippen molar-refractivity contribution in [2.45, 2.75) is 25.9 Å². The summed E-state index contributed by atoms with van der Waals surface area (Å²) in [6.07, 6.45) is 0. The second-order valence-corrected chi connectivity index (χ2v) is 5.57. The molecule has 0 heterocycles. The van der Waals surface area contributed by atoms with Gasteiger partial charge in [0.25, 0.3) is 0 Å². The molecule has 2 unspecified atom stereocenters. The van der Waals surface area contributed by atoms with Gasteiger partial charge in [0.15, 0.2) is 0 Å². The fourth-order valence-electron chi connectivity index (χ4n) is 1.56. The topological polar surface area (TPSA) is 38.3 Å². The molecule has 0 bridgehead atoms. The molecule has 0 fully saturated rings. The van der Waals surface area contributed by atoms with Crippen molar-refractivity contribution in [1.29, 1.82) is 0 Å². The molecule has 17 heavy (non-hydrogen) atoms. The smallest absolute Gasteiger partial charge is 0.322 e. The van der Waals surface area contributed by atoms with Crippen molar-refractivity contribution in [1.82, 2.24) is 5.32 Å². The highest BCUT2D eigenvalue weighted by atomic mass is 79.9. The van der Waals surface area contributed by atoms with Gasteiger partial charge in [-0.15, -0.1) is 0 Å². The zero-order valence-electron chi connectivity index (χ0n) is 9.96. The summed E-state index contributed by atoms with van der Waals surface area (Å²) in [5.41, 5.74) is 1.10. The maximum atomic E-state index is 11.3. The first kappa shape index (κ1) is 14.7. The van der Waals surface area contributed by atoms with E-state index in [9.17, 15) is 4.79 Å². The van der Waals surface area contributed by atoms with Crippen molar-refractivity contribution in [3.05, 3.63) is 32.7 Å². The van der Waals surface area contributed by atoms with E-state index in [1.165, 1.54) is 7.11 Å². The Labute approximate surface area is 118 Å². The van der Waals surface area contributed by atoms with Crippen LogP contribution in [0.3, 0.4) is 0 Å². The standard InChI is InChI=1S/C12H15Br2NO2/c1-7(15-8(2)12(16)17-3)10-5-4-9(13)6-11(10)14/h4-8,15H,1-3H3. The van der Waals surface area contributed by atoms with E-state index in [0.29, 0.717) is 0 Å². The van der Waals surface area contributed by atoms with E-state index >= 15 is 0 Å². The Hall–Kier alpha value is -0.390. The average Bonchev–Trinajstić information content (AvgIpc) is 2.27. The maximum absolute atomic E-state index is 11.3. The predicted molar refractivity (Wildman–Crippen MR) is 74.9 cm³/mol. The minimum atomic E-state index is -0.328. The van der Waals surface area contributed by atoms with Gasteiger partial charge in [-0.2, -0.15) is 0 Å². The molecule has 0 amide bonds. The third-order valence-corrected chi connectivity index (χ3v) is 3.66. The summed E-state index contributed by atoms with van der Waals surface area (Å²) in [6, 6.07) is 5.70. The molecule has 1 rings (SSSR count). The van der Waals surface area contributed by atoms with Gasteiger partial charge in [-0.25, -0.2) is 0 Å². The van der Waals surface area contributed by atoms with Gasteiger partial charge < -0.3 is 4.74 Å². The van der Waals surface area contributed by atoms with E-state index in [2.05, 4.69) is 41.9 Å². The number of rotatable bonds is 4. The van der Waals surface area contributed by atoms with Gasteiger partial charge in [-0.05, 0) is 31.5 Å². The summed E-state index contributed by atoms with van der Waals surface area (Å²) in [6.45, 7) is 3.79. The highest BCUT2D eigenvalue weighted by molar-refractivity contribution is 9.11. The minimum absolute atomic E-state index is 0.0616. The van der Waals surface area contributed by atoms with Crippen LogP contribution in [0.4, 0.5) is 0 Å². The number of benzene rings is 1. The highest BCUT2D eigenvalue weighted by Gasteiger charge is 2.17. The molecule has 0 aromatic heterocycles. The van der Waals surface area contributed by atoms with Crippen LogP contribution in [-0.2, 0) is 9.53 Å². The van der Waals surface area contributed by atoms with Crippen molar-refractivity contribution in [2.75, 3.05) is 7.11 Å². The monoisotopic (exact) mass is 363 g/mol. The molecule has 0 saturated heterocycles. The number of ether oxygens (including phenoxy) is 1. The lowest BCUT2D eigenvalue weighted by Crippen LogP contribution is -2.36. The first-order valence-electron chi connectivity index (χ1n) is 5.24. The second-order valence-electron chi connectivity index (χ2n) is 3.80. The van der Waals surface area contributed by atoms with Gasteiger partial charge in [0, 0.05) is 15.0 Å². The first-order chi connectivity index (χ1) is 7.95. The molecule has 0 aliphatic heterocycles. The second kappa shape index (κ2) is 6.52. The van der Waals surface area contributed by atoms with E-state index in [0.717, 1.165) is 14.5 Å². The summed E-state index contributed by atoms with van der Waals surface area (Å²) >= 11 is 6.91. The van der Waals surface area contributed by atoms with Crippen LogP contribution in [0.15, 0.2) is 27.1 Å². The van der Waals surface area contributed by atoms with Crippen LogP contribution in [0, 0.1) is 0 Å². The third kappa shape index (κ3) is 4.08. The highest BCUT2D eigenvalue weighted by Crippen LogP contribution is 2.26. The molecule has 0 radical (unpaired) electrons. The SMILES string of the molecule is COC(=O)C(C)NC(C)c1ccc(Br)cc1Br. The van der Waals surface area contributed by atoms with E-state index in [4.69, 9.17) is 0 Å². The average molecular weight is 365 g/mol. The molecule has 3 nitrogen and oxygen atoms in total. The number of esters is 1. The van der Waals surface area contributed by atoms with Gasteiger partial charge in [-0.1, -0.05) is 37.9 Å². The Morgan fingerprint density at radius 3 is 2.53 bits per heavy atom. The molecule has 2 atom stereocenters. The molecule has 0 spiro atoms. The van der Waals surface area contributed by atoms with Crippen LogP contribution in [0.25, 0.3) is 0 Å². The zero-order valence-corrected chi connectivity index (χ0v) is 13.1. The molecular formula is C12H15Br2NO2. The number of halogens is 2. The molecule has 0 saturated carbocycles. The zero-order chi connectivity index (χ0) is 13.0. The van der Waals surface area contributed by atoms with Gasteiger partial charge in [0.1, 0.15) is 6.04 Å². The van der Waals surface area contributed by atoms with Gasteiger partial charge in [-0.3, -0.25) is 10.1 Å². The van der Waals surface area contributed by atoms with E-state index < -0.39 is 0 Å². The molecule has 1 N–H and O–H groups in total. The summed E-state index contributed by atoms with van der Waals surface area (Å²) in [7, 11) is 1.39. The Morgan fingerprint density at radius 1 is 1.35 bits per heavy atom. The van der Waals surface area contributed by atoms with Crippen molar-refractivity contribution >= 4 is 37.8 Å². The van der Waals surface area contributed by atoms with Crippen molar-refractivity contribution in [3.63, 3.8) is 0 Å². The van der Waals surface area contributed by atoms with Crippen LogP contribution in [0.2, 0.25) is 0 Å². The summed E-state index contributed by atoms with van der Waals surface area (Å²) in [5.74, 6) is -0.259. The third-order valence-electron chi connectivity index (χ3n) is 2.48. The van der Waals surface area contributed by atoms with Crippen LogP contribution in [-0.4, -0.2) is 19.1 Å². The lowest BCUT2D eigenvalue weighted by atomic mass is 10.1. The number of hydrogen-bond donors (Lipinski definition) is 1. The molecule has 1 aromatic rings. The first-order valence-corrected chi connectivity index (χ1v) is 6.83. The summed E-state index contributed by atoms with van der Waals surface area (Å²) in [5, 5.41) is 3.19. The predicted octanol–water partition coefficient (Wildman–Crippen LogP) is 3.42. The van der Waals surface area contributed by atoms with Gasteiger partial charge in [0.05, 0.1) is 7.11 Å². The van der Waals surface area contributed by atoms with E-state index in [1.54, 1.807) is 6.92 Å². The van der Waals surface area contributed by atoms with Crippen LogP contribution >= 0.6 is 31.9 Å². The number of carbonyl (C=O) groups is 1. The lowest BCUT2D eigenvalue weighted by Gasteiger charge is -2.19. The number of carbonyl (C=O) groups excluding carboxylic acids is 1. The fourth-order valence-corrected chi connectivity index (χ4v) is 2.95. The molecule has 5 heteroatoms. The molecular weight excluding hydrogens is 350 g/mol. The van der Waals surface area contributed by atoms with Crippen molar-refractivity contribution in [3.8, 4) is 0 Å². The normalized spacial score (nSPS) is 14.2. The van der Waals surface area contributed by atoms with Crippen molar-refractivity contribution < 1.29 is 9.53 Å². The quantitative estimate of drug-likeness (QED) is 0.832. The number of hydrogen-bond acceptors (Lipinski definition) is 3. The van der Waals surface area contributed by atoms with Crippen LogP contribution in [0.1, 0.15) is 25.5 Å². The van der Waals surface area contributed by atoms with E-state index in [-0.39, 0.29) is 18.1 Å². The Balaban J connectivity index is 2.76. The molecule has 0 aliphatic rings. The Bertz CT molecular complexity index is 409. The van der Waals surface area contributed by atoms with Gasteiger partial charge >= 0.3 is 5.97 Å². The fraction of sp³-hybridized carbons (Fsp3) is 0.417. The minimum Gasteiger partial charge on any atom is -0.468 e. The van der Waals surface area contributed by atoms with Crippen LogP contribution < -0.4 is 5.32 Å². The molecule has 1 aromatic carbocycles. The van der Waals surface area contributed by atoms with Crippen molar-refractivity contribution in [2.24, 2.45) is 0 Å². The van der Waals surface area contributed by atoms with Gasteiger partial charge in [0.2, 0.25) is 0 Å². The van der Waals surface area contributed by atoms with E-state index in [1.807, 2.05) is 25.1 Å².